The Hall–Kier alpha value is -2.35. The molecule has 0 unspecified atom stereocenters. The fraction of sp³-hybridized carbons (Fsp3) is 0.588. The minimum Gasteiger partial charge on any atom is -0.434 e. The van der Waals surface area contributed by atoms with Crippen LogP contribution in [0.25, 0.3) is 5.52 Å². The summed E-state index contributed by atoms with van der Waals surface area (Å²) in [5, 5.41) is 4.25. The number of nitrogens with zero attached hydrogens (tertiary/aromatic N) is 3. The average molecular weight is 348 g/mol. The van der Waals surface area contributed by atoms with E-state index in [2.05, 4.69) is 10.1 Å². The number of ether oxygens (including phenoxy) is 3. The van der Waals surface area contributed by atoms with Crippen molar-refractivity contribution in [2.75, 3.05) is 18.9 Å². The number of carbonyl (C=O) groups is 1. The van der Waals surface area contributed by atoms with Crippen molar-refractivity contribution in [2.24, 2.45) is 5.92 Å². The van der Waals surface area contributed by atoms with E-state index in [9.17, 15) is 4.79 Å². The van der Waals surface area contributed by atoms with Crippen LogP contribution in [0.1, 0.15) is 45.4 Å². The van der Waals surface area contributed by atoms with Crippen molar-refractivity contribution in [2.45, 2.75) is 45.3 Å². The largest absolute Gasteiger partial charge is 0.508 e. The molecule has 2 aromatic rings. The van der Waals surface area contributed by atoms with Gasteiger partial charge in [0.25, 0.3) is 0 Å². The molecule has 0 radical (unpaired) electrons. The van der Waals surface area contributed by atoms with Gasteiger partial charge in [0.1, 0.15) is 30.2 Å². The standard InChI is InChI=1S/C17H24N4O4/c1-11(2)8-23-16(22)24-9-17(3)7-6-14(25-17)12-4-5-13-15(18)19-10-20-21(12)13/h4-5,10-11,14H,6-9H2,1-3H3,(H2,18,19,20)/t14-,17+/m1/s1. The maximum atomic E-state index is 11.6. The predicted molar refractivity (Wildman–Crippen MR) is 91.0 cm³/mol. The third-order valence-electron chi connectivity index (χ3n) is 4.23. The van der Waals surface area contributed by atoms with Crippen LogP contribution < -0.4 is 5.73 Å². The Bertz CT molecular complexity index is 760. The normalized spacial score (nSPS) is 23.3. The molecule has 1 saturated heterocycles. The molecule has 136 valence electrons. The van der Waals surface area contributed by atoms with Gasteiger partial charge in [0.15, 0.2) is 5.82 Å². The lowest BCUT2D eigenvalue weighted by Gasteiger charge is -2.24. The highest BCUT2D eigenvalue weighted by Gasteiger charge is 2.39. The number of anilines is 1. The fourth-order valence-electron chi connectivity index (χ4n) is 2.92. The molecule has 2 aromatic heterocycles. The number of fused-ring (bicyclic) bond motifs is 1. The molecule has 0 aromatic carbocycles. The summed E-state index contributed by atoms with van der Waals surface area (Å²) < 4.78 is 18.1. The van der Waals surface area contributed by atoms with Crippen molar-refractivity contribution in [3.63, 3.8) is 0 Å². The van der Waals surface area contributed by atoms with E-state index in [1.54, 1.807) is 4.52 Å². The monoisotopic (exact) mass is 348 g/mol. The van der Waals surface area contributed by atoms with Crippen molar-refractivity contribution < 1.29 is 19.0 Å². The minimum atomic E-state index is -0.657. The third-order valence-corrected chi connectivity index (χ3v) is 4.23. The average Bonchev–Trinajstić information content (AvgIpc) is 3.16. The second-order valence-electron chi connectivity index (χ2n) is 7.04. The number of aromatic nitrogens is 3. The Morgan fingerprint density at radius 3 is 3.04 bits per heavy atom. The number of hydrogen-bond donors (Lipinski definition) is 1. The van der Waals surface area contributed by atoms with Gasteiger partial charge in [-0.1, -0.05) is 13.8 Å². The number of carbonyl (C=O) groups excluding carboxylic acids is 1. The van der Waals surface area contributed by atoms with E-state index in [0.29, 0.717) is 12.4 Å². The Morgan fingerprint density at radius 2 is 2.28 bits per heavy atom. The quantitative estimate of drug-likeness (QED) is 0.829. The van der Waals surface area contributed by atoms with E-state index in [1.807, 2.05) is 32.9 Å². The van der Waals surface area contributed by atoms with Crippen LogP contribution in [-0.2, 0) is 14.2 Å². The van der Waals surface area contributed by atoms with Crippen molar-refractivity contribution in [1.29, 1.82) is 0 Å². The summed E-state index contributed by atoms with van der Waals surface area (Å²) in [6.07, 6.45) is 2.20. The summed E-state index contributed by atoms with van der Waals surface area (Å²) in [6.45, 7) is 6.37. The topological polar surface area (TPSA) is 101 Å². The van der Waals surface area contributed by atoms with Gasteiger partial charge < -0.3 is 19.9 Å². The molecular weight excluding hydrogens is 324 g/mol. The van der Waals surface area contributed by atoms with Crippen LogP contribution in [0.2, 0.25) is 0 Å². The van der Waals surface area contributed by atoms with E-state index in [-0.39, 0.29) is 18.6 Å². The van der Waals surface area contributed by atoms with Crippen LogP contribution in [0.15, 0.2) is 18.5 Å². The summed E-state index contributed by atoms with van der Waals surface area (Å²) in [4.78, 5) is 15.6. The van der Waals surface area contributed by atoms with E-state index in [0.717, 1.165) is 24.1 Å². The summed E-state index contributed by atoms with van der Waals surface area (Å²) in [6, 6.07) is 3.82. The van der Waals surface area contributed by atoms with Gasteiger partial charge in [-0.15, -0.1) is 0 Å². The Kier molecular flexibility index (Phi) is 4.80. The zero-order chi connectivity index (χ0) is 18.0. The van der Waals surface area contributed by atoms with Crippen LogP contribution >= 0.6 is 0 Å². The second kappa shape index (κ2) is 6.87. The molecule has 1 aliphatic rings. The van der Waals surface area contributed by atoms with Gasteiger partial charge >= 0.3 is 6.16 Å². The smallest absolute Gasteiger partial charge is 0.434 e. The molecule has 0 amide bonds. The van der Waals surface area contributed by atoms with Crippen LogP contribution in [0.3, 0.4) is 0 Å². The molecule has 8 heteroatoms. The lowest BCUT2D eigenvalue weighted by molar-refractivity contribution is -0.0770. The second-order valence-corrected chi connectivity index (χ2v) is 7.04. The number of hydrogen-bond acceptors (Lipinski definition) is 7. The summed E-state index contributed by atoms with van der Waals surface area (Å²) in [5.41, 5.74) is 6.98. The Labute approximate surface area is 146 Å². The molecule has 0 bridgehead atoms. The third kappa shape index (κ3) is 3.84. The molecule has 1 fully saturated rings. The van der Waals surface area contributed by atoms with Crippen molar-refractivity contribution in [3.8, 4) is 0 Å². The van der Waals surface area contributed by atoms with Crippen LogP contribution in [0.5, 0.6) is 0 Å². The zero-order valence-corrected chi connectivity index (χ0v) is 14.8. The lowest BCUT2D eigenvalue weighted by Crippen LogP contribution is -2.32. The molecule has 0 saturated carbocycles. The van der Waals surface area contributed by atoms with E-state index >= 15 is 0 Å². The first-order chi connectivity index (χ1) is 11.9. The van der Waals surface area contributed by atoms with E-state index < -0.39 is 11.8 Å². The van der Waals surface area contributed by atoms with E-state index in [1.165, 1.54) is 6.33 Å². The highest BCUT2D eigenvalue weighted by Crippen LogP contribution is 2.40. The first-order valence-electron chi connectivity index (χ1n) is 8.43. The van der Waals surface area contributed by atoms with Crippen LogP contribution in [-0.4, -0.2) is 39.6 Å². The summed E-state index contributed by atoms with van der Waals surface area (Å²) in [5.74, 6) is 0.700. The molecule has 3 heterocycles. The minimum absolute atomic E-state index is 0.142. The molecule has 2 N–H and O–H groups in total. The van der Waals surface area contributed by atoms with Gasteiger partial charge in [-0.2, -0.15) is 5.10 Å². The summed E-state index contributed by atoms with van der Waals surface area (Å²) >= 11 is 0. The number of nitrogens with two attached hydrogens (primary N) is 1. The maximum Gasteiger partial charge on any atom is 0.508 e. The van der Waals surface area contributed by atoms with Gasteiger partial charge in [-0.3, -0.25) is 0 Å². The first-order valence-corrected chi connectivity index (χ1v) is 8.43. The molecule has 2 atom stereocenters. The molecule has 0 spiro atoms. The van der Waals surface area contributed by atoms with Crippen LogP contribution in [0, 0.1) is 5.92 Å². The lowest BCUT2D eigenvalue weighted by atomic mass is 10.0. The molecule has 0 aliphatic carbocycles. The van der Waals surface area contributed by atoms with Crippen molar-refractivity contribution in [1.82, 2.24) is 14.6 Å². The van der Waals surface area contributed by atoms with Gasteiger partial charge in [-0.25, -0.2) is 14.3 Å². The Balaban J connectivity index is 1.62. The van der Waals surface area contributed by atoms with Gasteiger partial charge in [0.05, 0.1) is 12.3 Å². The highest BCUT2D eigenvalue weighted by molar-refractivity contribution is 5.65. The Morgan fingerprint density at radius 1 is 1.48 bits per heavy atom. The van der Waals surface area contributed by atoms with E-state index in [4.69, 9.17) is 19.9 Å². The molecule has 8 nitrogen and oxygen atoms in total. The van der Waals surface area contributed by atoms with Gasteiger partial charge in [0.2, 0.25) is 0 Å². The fourth-order valence-corrected chi connectivity index (χ4v) is 2.92. The van der Waals surface area contributed by atoms with Gasteiger partial charge in [0, 0.05) is 0 Å². The van der Waals surface area contributed by atoms with Gasteiger partial charge in [-0.05, 0) is 37.8 Å². The van der Waals surface area contributed by atoms with Crippen molar-refractivity contribution in [3.05, 3.63) is 24.2 Å². The zero-order valence-electron chi connectivity index (χ0n) is 14.8. The SMILES string of the molecule is CC(C)COC(=O)OC[C@]1(C)CC[C@H](c2ccc3c(N)ncnn23)O1. The highest BCUT2D eigenvalue weighted by atomic mass is 16.7. The molecule has 1 aliphatic heterocycles. The first kappa shape index (κ1) is 17.5. The molecule has 3 rings (SSSR count). The number of nitrogen functional groups attached to an aromatic ring is 1. The summed E-state index contributed by atoms with van der Waals surface area (Å²) in [7, 11) is 0. The van der Waals surface area contributed by atoms with Crippen LogP contribution in [0.4, 0.5) is 10.6 Å². The maximum absolute atomic E-state index is 11.6. The molecular formula is C17H24N4O4. The molecule has 25 heavy (non-hydrogen) atoms. The van der Waals surface area contributed by atoms with Crippen molar-refractivity contribution >= 4 is 17.5 Å². The predicted octanol–water partition coefficient (Wildman–Crippen LogP) is 2.73. The number of rotatable bonds is 5.